The SMILES string of the molecule is Cn1nccc1S(=O)(=O)NC(CN)C(C)(C)C. The molecule has 0 aromatic carbocycles. The lowest BCUT2D eigenvalue weighted by atomic mass is 9.88. The molecule has 1 aromatic heterocycles. The molecular weight excluding hydrogens is 240 g/mol. The Morgan fingerprint density at radius 3 is 2.47 bits per heavy atom. The summed E-state index contributed by atoms with van der Waals surface area (Å²) in [5.74, 6) is 0. The fourth-order valence-electron chi connectivity index (χ4n) is 1.45. The van der Waals surface area contributed by atoms with Gasteiger partial charge in [-0.1, -0.05) is 20.8 Å². The number of hydrogen-bond donors (Lipinski definition) is 2. The van der Waals surface area contributed by atoms with Gasteiger partial charge in [-0.2, -0.15) is 5.10 Å². The minimum atomic E-state index is -3.57. The molecule has 0 radical (unpaired) electrons. The first kappa shape index (κ1) is 14.1. The molecule has 0 fully saturated rings. The molecule has 1 rings (SSSR count). The smallest absolute Gasteiger partial charge is 0.258 e. The number of rotatable bonds is 4. The van der Waals surface area contributed by atoms with Gasteiger partial charge in [0.05, 0.1) is 6.20 Å². The fraction of sp³-hybridized carbons (Fsp3) is 0.700. The molecule has 1 unspecified atom stereocenters. The Hall–Kier alpha value is -0.920. The minimum absolute atomic E-state index is 0.139. The van der Waals surface area contributed by atoms with Gasteiger partial charge in [-0.25, -0.2) is 13.1 Å². The summed E-state index contributed by atoms with van der Waals surface area (Å²) in [6.45, 7) is 6.07. The lowest BCUT2D eigenvalue weighted by Crippen LogP contribution is -2.48. The molecule has 6 nitrogen and oxygen atoms in total. The fourth-order valence-corrected chi connectivity index (χ4v) is 3.03. The Balaban J connectivity index is 2.98. The van der Waals surface area contributed by atoms with Gasteiger partial charge in [0.15, 0.2) is 5.03 Å². The summed E-state index contributed by atoms with van der Waals surface area (Å²) in [7, 11) is -1.99. The Kier molecular flexibility index (Phi) is 3.95. The lowest BCUT2D eigenvalue weighted by Gasteiger charge is -2.29. The summed E-state index contributed by atoms with van der Waals surface area (Å²) in [6, 6.07) is 1.14. The van der Waals surface area contributed by atoms with E-state index in [1.165, 1.54) is 16.9 Å². The van der Waals surface area contributed by atoms with Crippen LogP contribution < -0.4 is 10.5 Å². The monoisotopic (exact) mass is 260 g/mol. The van der Waals surface area contributed by atoms with E-state index in [0.717, 1.165) is 0 Å². The second-order valence-electron chi connectivity index (χ2n) is 5.07. The van der Waals surface area contributed by atoms with Crippen LogP contribution >= 0.6 is 0 Å². The second kappa shape index (κ2) is 4.75. The standard InChI is InChI=1S/C10H20N4O2S/c1-10(2,3)8(7-11)13-17(15,16)9-5-6-12-14(9)4/h5-6,8,13H,7,11H2,1-4H3. The zero-order valence-corrected chi connectivity index (χ0v) is 11.5. The third kappa shape index (κ3) is 3.27. The molecule has 0 amide bonds. The Bertz CT molecular complexity index is 473. The first-order valence-electron chi connectivity index (χ1n) is 5.39. The second-order valence-corrected chi connectivity index (χ2v) is 6.73. The molecule has 98 valence electrons. The summed E-state index contributed by atoms with van der Waals surface area (Å²) >= 11 is 0. The van der Waals surface area contributed by atoms with Crippen molar-refractivity contribution in [2.75, 3.05) is 6.54 Å². The Morgan fingerprint density at radius 1 is 1.53 bits per heavy atom. The maximum absolute atomic E-state index is 12.1. The van der Waals surface area contributed by atoms with Crippen LogP contribution in [0.15, 0.2) is 17.3 Å². The van der Waals surface area contributed by atoms with Crippen molar-refractivity contribution in [1.82, 2.24) is 14.5 Å². The van der Waals surface area contributed by atoms with E-state index in [1.807, 2.05) is 20.8 Å². The van der Waals surface area contributed by atoms with E-state index < -0.39 is 10.0 Å². The maximum atomic E-state index is 12.1. The van der Waals surface area contributed by atoms with Crippen LogP contribution in [0, 0.1) is 5.41 Å². The highest BCUT2D eigenvalue weighted by Gasteiger charge is 2.29. The molecule has 0 spiro atoms. The van der Waals surface area contributed by atoms with E-state index in [1.54, 1.807) is 7.05 Å². The van der Waals surface area contributed by atoms with E-state index in [0.29, 0.717) is 0 Å². The van der Waals surface area contributed by atoms with Crippen molar-refractivity contribution in [2.24, 2.45) is 18.2 Å². The number of hydrogen-bond acceptors (Lipinski definition) is 4. The van der Waals surface area contributed by atoms with E-state index in [-0.39, 0.29) is 23.0 Å². The summed E-state index contributed by atoms with van der Waals surface area (Å²) in [4.78, 5) is 0. The Labute approximate surface area is 102 Å². The third-order valence-electron chi connectivity index (χ3n) is 2.63. The van der Waals surface area contributed by atoms with Crippen molar-refractivity contribution >= 4 is 10.0 Å². The number of nitrogens with two attached hydrogens (primary N) is 1. The van der Waals surface area contributed by atoms with Gasteiger partial charge in [0.1, 0.15) is 0 Å². The number of aromatic nitrogens is 2. The van der Waals surface area contributed by atoms with Crippen LogP contribution in [0.2, 0.25) is 0 Å². The summed E-state index contributed by atoms with van der Waals surface area (Å²) in [6.07, 6.45) is 1.45. The van der Waals surface area contributed by atoms with Crippen LogP contribution in [0.5, 0.6) is 0 Å². The highest BCUT2D eigenvalue weighted by Crippen LogP contribution is 2.20. The van der Waals surface area contributed by atoms with E-state index in [9.17, 15) is 8.42 Å². The van der Waals surface area contributed by atoms with Crippen molar-refractivity contribution in [3.05, 3.63) is 12.3 Å². The summed E-state index contributed by atoms with van der Waals surface area (Å²) in [5.41, 5.74) is 5.37. The molecule has 0 bridgehead atoms. The zero-order chi connectivity index (χ0) is 13.3. The zero-order valence-electron chi connectivity index (χ0n) is 10.6. The molecular formula is C10H20N4O2S. The highest BCUT2D eigenvalue weighted by atomic mass is 32.2. The van der Waals surface area contributed by atoms with Crippen molar-refractivity contribution in [1.29, 1.82) is 0 Å². The molecule has 3 N–H and O–H groups in total. The van der Waals surface area contributed by atoms with Crippen LogP contribution in [0.4, 0.5) is 0 Å². The van der Waals surface area contributed by atoms with Gasteiger partial charge in [0, 0.05) is 19.6 Å². The Morgan fingerprint density at radius 2 is 2.12 bits per heavy atom. The normalized spacial score (nSPS) is 14.9. The molecule has 1 atom stereocenters. The minimum Gasteiger partial charge on any atom is -0.329 e. The molecule has 0 aliphatic carbocycles. The van der Waals surface area contributed by atoms with Gasteiger partial charge in [-0.15, -0.1) is 0 Å². The lowest BCUT2D eigenvalue weighted by molar-refractivity contribution is 0.304. The third-order valence-corrected chi connectivity index (χ3v) is 4.18. The number of nitrogens with one attached hydrogen (secondary N) is 1. The average molecular weight is 260 g/mol. The molecule has 17 heavy (non-hydrogen) atoms. The van der Waals surface area contributed by atoms with Gasteiger partial charge >= 0.3 is 0 Å². The first-order chi connectivity index (χ1) is 7.68. The highest BCUT2D eigenvalue weighted by molar-refractivity contribution is 7.89. The van der Waals surface area contributed by atoms with Crippen LogP contribution in [-0.2, 0) is 17.1 Å². The molecule has 1 heterocycles. The largest absolute Gasteiger partial charge is 0.329 e. The molecule has 0 saturated heterocycles. The number of aryl methyl sites for hydroxylation is 1. The van der Waals surface area contributed by atoms with Gasteiger partial charge in [-0.05, 0) is 11.5 Å². The van der Waals surface area contributed by atoms with Crippen LogP contribution in [-0.4, -0.2) is 30.8 Å². The number of nitrogens with zero attached hydrogens (tertiary/aromatic N) is 2. The van der Waals surface area contributed by atoms with Crippen LogP contribution in [0.25, 0.3) is 0 Å². The predicted octanol–water partition coefficient (Wildman–Crippen LogP) is 0.0718. The molecule has 7 heteroatoms. The average Bonchev–Trinajstić information content (AvgIpc) is 2.59. The molecule has 0 aliphatic rings. The van der Waals surface area contributed by atoms with Crippen molar-refractivity contribution < 1.29 is 8.42 Å². The maximum Gasteiger partial charge on any atom is 0.258 e. The van der Waals surface area contributed by atoms with Gasteiger partial charge in [-0.3, -0.25) is 4.68 Å². The summed E-state index contributed by atoms with van der Waals surface area (Å²) < 4.78 is 28.1. The van der Waals surface area contributed by atoms with Crippen molar-refractivity contribution in [3.8, 4) is 0 Å². The first-order valence-corrected chi connectivity index (χ1v) is 6.87. The van der Waals surface area contributed by atoms with E-state index in [2.05, 4.69) is 9.82 Å². The van der Waals surface area contributed by atoms with Crippen molar-refractivity contribution in [2.45, 2.75) is 31.8 Å². The molecule has 1 aromatic rings. The molecule has 0 aliphatic heterocycles. The van der Waals surface area contributed by atoms with Crippen molar-refractivity contribution in [3.63, 3.8) is 0 Å². The van der Waals surface area contributed by atoms with Gasteiger partial charge < -0.3 is 5.73 Å². The van der Waals surface area contributed by atoms with Crippen LogP contribution in [0.1, 0.15) is 20.8 Å². The predicted molar refractivity (Wildman–Crippen MR) is 65.8 cm³/mol. The van der Waals surface area contributed by atoms with Gasteiger partial charge in [0.2, 0.25) is 0 Å². The van der Waals surface area contributed by atoms with E-state index >= 15 is 0 Å². The van der Waals surface area contributed by atoms with E-state index in [4.69, 9.17) is 5.73 Å². The summed E-state index contributed by atoms with van der Waals surface area (Å²) in [5, 5.41) is 3.98. The quantitative estimate of drug-likeness (QED) is 0.801. The topological polar surface area (TPSA) is 90.0 Å². The number of sulfonamides is 1. The molecule has 0 saturated carbocycles. The van der Waals surface area contributed by atoms with Gasteiger partial charge in [0.25, 0.3) is 10.0 Å². The van der Waals surface area contributed by atoms with Crippen LogP contribution in [0.3, 0.4) is 0 Å².